The van der Waals surface area contributed by atoms with E-state index in [1.54, 1.807) is 6.92 Å². The summed E-state index contributed by atoms with van der Waals surface area (Å²) in [4.78, 5) is 14.6. The molecule has 6 rings (SSSR count). The van der Waals surface area contributed by atoms with E-state index in [0.29, 0.717) is 19.0 Å². The molecule has 2 fully saturated rings. The van der Waals surface area contributed by atoms with Gasteiger partial charge in [0, 0.05) is 35.6 Å². The van der Waals surface area contributed by atoms with Crippen molar-refractivity contribution in [2.24, 2.45) is 5.92 Å². The van der Waals surface area contributed by atoms with Crippen molar-refractivity contribution in [2.75, 3.05) is 36.9 Å². The monoisotopic (exact) mass is 594 g/mol. The van der Waals surface area contributed by atoms with Crippen LogP contribution in [-0.2, 0) is 6.18 Å². The Hall–Kier alpha value is -3.32. The Morgan fingerprint density at radius 3 is 2.56 bits per heavy atom. The van der Waals surface area contributed by atoms with Crippen molar-refractivity contribution in [3.63, 3.8) is 0 Å². The highest BCUT2D eigenvalue weighted by atomic mass is 32.1. The van der Waals surface area contributed by atoms with E-state index < -0.39 is 28.9 Å². The van der Waals surface area contributed by atoms with Gasteiger partial charge in [-0.1, -0.05) is 31.6 Å². The first kappa shape index (κ1) is 29.2. The van der Waals surface area contributed by atoms with Crippen LogP contribution in [0.1, 0.15) is 45.6 Å². The van der Waals surface area contributed by atoms with Gasteiger partial charge in [0.2, 0.25) is 0 Å². The molecule has 2 aromatic carbocycles. The van der Waals surface area contributed by atoms with Crippen molar-refractivity contribution in [3.05, 3.63) is 35.4 Å². The quantitative estimate of drug-likeness (QED) is 0.252. The number of rotatable bonds is 4. The van der Waals surface area contributed by atoms with Crippen LogP contribution in [0.3, 0.4) is 0 Å². The average molecular weight is 595 g/mol. The third-order valence-corrected chi connectivity index (χ3v) is 8.15. The molecule has 2 atom stereocenters. The zero-order chi connectivity index (χ0) is 29.5. The lowest BCUT2D eigenvalue weighted by Crippen LogP contribution is -2.46. The topological polar surface area (TPSA) is 89.2 Å². The molecule has 13 heteroatoms. The van der Waals surface area contributed by atoms with Crippen LogP contribution in [0.15, 0.2) is 18.2 Å². The van der Waals surface area contributed by atoms with E-state index in [0.717, 1.165) is 48.9 Å². The van der Waals surface area contributed by atoms with E-state index in [9.17, 15) is 17.6 Å². The van der Waals surface area contributed by atoms with Crippen LogP contribution in [0, 0.1) is 17.6 Å². The van der Waals surface area contributed by atoms with Gasteiger partial charge in [0.1, 0.15) is 17.2 Å². The van der Waals surface area contributed by atoms with Gasteiger partial charge in [0.15, 0.2) is 10.9 Å². The first-order chi connectivity index (χ1) is 19.6. The maximum Gasteiger partial charge on any atom is 0.417 e. The second-order valence-electron chi connectivity index (χ2n) is 10.1. The predicted molar refractivity (Wildman–Crippen MR) is 151 cm³/mol. The minimum absolute atomic E-state index is 0.00288. The molecule has 0 aliphatic carbocycles. The smallest absolute Gasteiger partial charge is 0.417 e. The number of nitrogens with one attached hydrogen (secondary N) is 1. The van der Waals surface area contributed by atoms with Crippen LogP contribution in [-0.4, -0.2) is 47.2 Å². The first-order valence-electron chi connectivity index (χ1n) is 13.6. The Morgan fingerprint density at radius 2 is 1.85 bits per heavy atom. The molecule has 2 saturated heterocycles. The second-order valence-corrected chi connectivity index (χ2v) is 11.1. The Morgan fingerprint density at radius 1 is 1.10 bits per heavy atom. The van der Waals surface area contributed by atoms with E-state index in [1.807, 2.05) is 4.90 Å². The predicted octanol–water partition coefficient (Wildman–Crippen LogP) is 6.79. The molecule has 2 aromatic heterocycles. The Labute approximate surface area is 237 Å². The SMILES string of the molecule is CCC.CCOc1nc(N2CCC3CCNCC32)c2cc(C(F)(F)F)c(-c3ccc(F)c4sc(N)nc34)c(F)c2n1. The van der Waals surface area contributed by atoms with Gasteiger partial charge < -0.3 is 20.7 Å². The highest BCUT2D eigenvalue weighted by Gasteiger charge is 2.41. The van der Waals surface area contributed by atoms with Crippen LogP contribution in [0.2, 0.25) is 0 Å². The number of fused-ring (bicyclic) bond motifs is 3. The lowest BCUT2D eigenvalue weighted by molar-refractivity contribution is -0.137. The number of thiazole rings is 1. The molecule has 0 radical (unpaired) electrons. The maximum atomic E-state index is 16.4. The summed E-state index contributed by atoms with van der Waals surface area (Å²) in [5.74, 6) is -1.37. The molecule has 0 spiro atoms. The lowest BCUT2D eigenvalue weighted by atomic mass is 9.93. The van der Waals surface area contributed by atoms with Crippen molar-refractivity contribution in [2.45, 2.75) is 52.3 Å². The maximum absolute atomic E-state index is 16.4. The summed E-state index contributed by atoms with van der Waals surface area (Å²) in [6, 6.07) is 2.82. The molecule has 3 N–H and O–H groups in total. The Balaban J connectivity index is 0.00000108. The molecule has 7 nitrogen and oxygen atoms in total. The number of hydrogen-bond donors (Lipinski definition) is 2. The number of piperidine rings is 1. The Kier molecular flexibility index (Phi) is 8.20. The molecular formula is C28H31F5N6OS. The van der Waals surface area contributed by atoms with E-state index in [4.69, 9.17) is 10.5 Å². The standard InChI is InChI=1S/C25H23F5N6OS.C3H8/c1-2-37-24-34-19-13(22(35-24)36-8-6-11-5-7-32-10-16(11)36)9-14(25(28,29)30)17(18(19)27)12-3-4-15(26)21-20(12)33-23(31)38-21;1-3-2/h3-4,9,11,16,32H,2,5-8,10H2,1H3,(H2,31,33);3H2,1-2H3. The molecule has 0 saturated carbocycles. The third kappa shape index (κ3) is 5.36. The molecule has 2 aliphatic heterocycles. The van der Waals surface area contributed by atoms with Gasteiger partial charge in [-0.2, -0.15) is 23.1 Å². The normalized spacial score (nSPS) is 18.9. The second kappa shape index (κ2) is 11.5. The lowest BCUT2D eigenvalue weighted by Gasteiger charge is -2.33. The van der Waals surface area contributed by atoms with E-state index in [1.165, 1.54) is 6.42 Å². The number of anilines is 2. The molecule has 4 heterocycles. The largest absolute Gasteiger partial charge is 0.464 e. The van der Waals surface area contributed by atoms with Gasteiger partial charge in [-0.05, 0) is 50.4 Å². The van der Waals surface area contributed by atoms with Crippen molar-refractivity contribution >= 4 is 43.4 Å². The summed E-state index contributed by atoms with van der Waals surface area (Å²) in [5.41, 5.74) is 3.05. The zero-order valence-electron chi connectivity index (χ0n) is 22.9. The number of nitrogen functional groups attached to an aromatic ring is 1. The average Bonchev–Trinajstić information content (AvgIpc) is 3.53. The molecule has 0 amide bonds. The minimum Gasteiger partial charge on any atom is -0.464 e. The molecule has 4 aromatic rings. The molecular weight excluding hydrogens is 563 g/mol. The van der Waals surface area contributed by atoms with Gasteiger partial charge in [-0.15, -0.1) is 0 Å². The van der Waals surface area contributed by atoms with Crippen LogP contribution in [0.4, 0.5) is 32.9 Å². The van der Waals surface area contributed by atoms with Gasteiger partial charge in [-0.25, -0.2) is 13.8 Å². The first-order valence-corrected chi connectivity index (χ1v) is 14.5. The van der Waals surface area contributed by atoms with E-state index in [-0.39, 0.29) is 56.3 Å². The number of ether oxygens (including phenoxy) is 1. The van der Waals surface area contributed by atoms with Gasteiger partial charge in [-0.3, -0.25) is 0 Å². The number of hydrogen-bond acceptors (Lipinski definition) is 8. The number of aromatic nitrogens is 3. The van der Waals surface area contributed by atoms with Crippen molar-refractivity contribution < 1.29 is 26.7 Å². The van der Waals surface area contributed by atoms with Gasteiger partial charge >= 0.3 is 12.2 Å². The number of nitrogens with two attached hydrogens (primary N) is 1. The summed E-state index contributed by atoms with van der Waals surface area (Å²) in [6.07, 6.45) is -1.90. The molecule has 220 valence electrons. The summed E-state index contributed by atoms with van der Waals surface area (Å²) < 4.78 is 79.9. The number of alkyl halides is 3. The summed E-state index contributed by atoms with van der Waals surface area (Å²) >= 11 is 0.779. The summed E-state index contributed by atoms with van der Waals surface area (Å²) in [5, 5.41) is 3.22. The molecule has 0 bridgehead atoms. The highest BCUT2D eigenvalue weighted by molar-refractivity contribution is 7.22. The fraction of sp³-hybridized carbons (Fsp3) is 0.464. The van der Waals surface area contributed by atoms with Gasteiger partial charge in [0.05, 0.1) is 22.4 Å². The Bertz CT molecular complexity index is 1580. The third-order valence-electron chi connectivity index (χ3n) is 7.25. The number of halogens is 5. The van der Waals surface area contributed by atoms with E-state index in [2.05, 4.69) is 34.1 Å². The minimum atomic E-state index is -4.94. The van der Waals surface area contributed by atoms with Crippen molar-refractivity contribution in [3.8, 4) is 17.1 Å². The van der Waals surface area contributed by atoms with Crippen LogP contribution < -0.4 is 20.7 Å². The van der Waals surface area contributed by atoms with Crippen molar-refractivity contribution in [1.29, 1.82) is 0 Å². The molecule has 2 aliphatic rings. The number of benzene rings is 2. The fourth-order valence-electron chi connectivity index (χ4n) is 5.62. The van der Waals surface area contributed by atoms with Crippen LogP contribution in [0.5, 0.6) is 6.01 Å². The van der Waals surface area contributed by atoms with E-state index >= 15 is 4.39 Å². The molecule has 2 unspecified atom stereocenters. The summed E-state index contributed by atoms with van der Waals surface area (Å²) in [6.45, 7) is 8.22. The number of nitrogens with zero attached hydrogens (tertiary/aromatic N) is 4. The molecule has 41 heavy (non-hydrogen) atoms. The van der Waals surface area contributed by atoms with Gasteiger partial charge in [0.25, 0.3) is 0 Å². The van der Waals surface area contributed by atoms with Crippen LogP contribution in [0.25, 0.3) is 32.2 Å². The van der Waals surface area contributed by atoms with Crippen molar-refractivity contribution in [1.82, 2.24) is 20.3 Å². The summed E-state index contributed by atoms with van der Waals surface area (Å²) in [7, 11) is 0. The zero-order valence-corrected chi connectivity index (χ0v) is 23.7. The fourth-order valence-corrected chi connectivity index (χ4v) is 6.38. The highest BCUT2D eigenvalue weighted by Crippen LogP contribution is 2.46. The van der Waals surface area contributed by atoms with Crippen LogP contribution >= 0.6 is 11.3 Å².